The minimum absolute atomic E-state index is 0.186. The Kier molecular flexibility index (Phi) is 6.26. The molecule has 0 atom stereocenters. The highest BCUT2D eigenvalue weighted by atomic mass is 16.7. The van der Waals surface area contributed by atoms with Gasteiger partial charge >= 0.3 is 0 Å². The van der Waals surface area contributed by atoms with Gasteiger partial charge in [0.05, 0.1) is 12.3 Å². The number of fused-ring (bicyclic) bond motifs is 1. The standard InChI is InChI=1S/C17H23N5O3/c1-2-6-22(25-7-5-18)17(24)13-8-11-3-4-12(16(20)23)9-14(11)21-15(19)10-13/h3-4,8-9H,2,5-7,10,18H2,1H3,(H2,19,21)(H2,20,23). The zero-order valence-corrected chi connectivity index (χ0v) is 14.2. The minimum Gasteiger partial charge on any atom is -0.387 e. The number of aliphatic imine (C=N–C) groups is 1. The molecule has 2 rings (SSSR count). The molecule has 8 heteroatoms. The number of amides is 2. The van der Waals surface area contributed by atoms with Gasteiger partial charge in [-0.1, -0.05) is 13.0 Å². The Morgan fingerprint density at radius 2 is 2.12 bits per heavy atom. The number of carbonyl (C=O) groups is 2. The normalized spacial score (nSPS) is 13.4. The van der Waals surface area contributed by atoms with Crippen LogP contribution in [0, 0.1) is 0 Å². The fraction of sp³-hybridized carbons (Fsp3) is 0.353. The monoisotopic (exact) mass is 345 g/mol. The number of nitrogens with zero attached hydrogens (tertiary/aromatic N) is 2. The summed E-state index contributed by atoms with van der Waals surface area (Å²) in [5.41, 5.74) is 18.7. The van der Waals surface area contributed by atoms with Crippen LogP contribution in [0.4, 0.5) is 5.69 Å². The average Bonchev–Trinajstić information content (AvgIpc) is 2.75. The Labute approximate surface area is 146 Å². The highest BCUT2D eigenvalue weighted by Crippen LogP contribution is 2.28. The number of hydrogen-bond acceptors (Lipinski definition) is 6. The second kappa shape index (κ2) is 8.41. The van der Waals surface area contributed by atoms with Crippen LogP contribution in [0.15, 0.2) is 28.8 Å². The number of hydrogen-bond donors (Lipinski definition) is 3. The van der Waals surface area contributed by atoms with E-state index in [9.17, 15) is 9.59 Å². The third-order valence-electron chi connectivity index (χ3n) is 3.57. The zero-order valence-electron chi connectivity index (χ0n) is 14.2. The van der Waals surface area contributed by atoms with Crippen molar-refractivity contribution in [2.45, 2.75) is 19.8 Å². The van der Waals surface area contributed by atoms with Crippen LogP contribution in [0.25, 0.3) is 6.08 Å². The van der Waals surface area contributed by atoms with E-state index in [1.54, 1.807) is 24.3 Å². The van der Waals surface area contributed by atoms with Crippen molar-refractivity contribution in [3.63, 3.8) is 0 Å². The van der Waals surface area contributed by atoms with Crippen LogP contribution in [0.2, 0.25) is 0 Å². The van der Waals surface area contributed by atoms with Gasteiger partial charge in [-0.05, 0) is 24.6 Å². The van der Waals surface area contributed by atoms with Crippen molar-refractivity contribution in [2.75, 3.05) is 19.7 Å². The van der Waals surface area contributed by atoms with Gasteiger partial charge in [-0.15, -0.1) is 0 Å². The maximum atomic E-state index is 12.8. The number of rotatable bonds is 7. The summed E-state index contributed by atoms with van der Waals surface area (Å²) in [6.45, 7) is 2.96. The molecule has 1 aliphatic heterocycles. The second-order valence-electron chi connectivity index (χ2n) is 5.62. The van der Waals surface area contributed by atoms with E-state index in [4.69, 9.17) is 22.0 Å². The number of nitrogens with two attached hydrogens (primary N) is 3. The molecule has 134 valence electrons. The van der Waals surface area contributed by atoms with Gasteiger partial charge in [-0.25, -0.2) is 10.1 Å². The Bertz CT molecular complexity index is 727. The smallest absolute Gasteiger partial charge is 0.273 e. The molecule has 0 saturated carbocycles. The third kappa shape index (κ3) is 4.65. The van der Waals surface area contributed by atoms with Gasteiger partial charge in [0.15, 0.2) is 0 Å². The number of hydroxylamine groups is 2. The SMILES string of the molecule is CCCN(OCCN)C(=O)C1=Cc2ccc(C(N)=O)cc2N=C(N)C1. The lowest BCUT2D eigenvalue weighted by Crippen LogP contribution is -2.35. The van der Waals surface area contributed by atoms with E-state index in [0.717, 1.165) is 6.42 Å². The molecule has 0 saturated heterocycles. The summed E-state index contributed by atoms with van der Waals surface area (Å²) in [5, 5.41) is 1.30. The van der Waals surface area contributed by atoms with Gasteiger partial charge < -0.3 is 17.2 Å². The van der Waals surface area contributed by atoms with Crippen molar-refractivity contribution in [3.05, 3.63) is 34.9 Å². The van der Waals surface area contributed by atoms with Crippen molar-refractivity contribution in [1.82, 2.24) is 5.06 Å². The largest absolute Gasteiger partial charge is 0.387 e. The van der Waals surface area contributed by atoms with Crippen LogP contribution in [-0.4, -0.2) is 42.4 Å². The van der Waals surface area contributed by atoms with Gasteiger partial charge in [-0.3, -0.25) is 14.4 Å². The summed E-state index contributed by atoms with van der Waals surface area (Å²) in [7, 11) is 0. The van der Waals surface area contributed by atoms with Crippen molar-refractivity contribution in [2.24, 2.45) is 22.2 Å². The van der Waals surface area contributed by atoms with E-state index >= 15 is 0 Å². The quantitative estimate of drug-likeness (QED) is 0.624. The van der Waals surface area contributed by atoms with Crippen molar-refractivity contribution in [1.29, 1.82) is 0 Å². The van der Waals surface area contributed by atoms with E-state index in [1.807, 2.05) is 6.92 Å². The molecular formula is C17H23N5O3. The lowest BCUT2D eigenvalue weighted by Gasteiger charge is -2.22. The second-order valence-corrected chi connectivity index (χ2v) is 5.62. The van der Waals surface area contributed by atoms with Crippen LogP contribution in [0.5, 0.6) is 0 Å². The van der Waals surface area contributed by atoms with Crippen LogP contribution in [0.1, 0.15) is 35.7 Å². The maximum absolute atomic E-state index is 12.8. The van der Waals surface area contributed by atoms with Gasteiger partial charge in [0.25, 0.3) is 5.91 Å². The van der Waals surface area contributed by atoms with E-state index < -0.39 is 5.91 Å². The van der Waals surface area contributed by atoms with E-state index in [-0.39, 0.29) is 24.8 Å². The Balaban J connectivity index is 2.36. The maximum Gasteiger partial charge on any atom is 0.273 e. The van der Waals surface area contributed by atoms with Gasteiger partial charge in [0.1, 0.15) is 5.84 Å². The minimum atomic E-state index is -0.551. The first-order chi connectivity index (χ1) is 12.0. The molecule has 0 fully saturated rings. The molecule has 1 heterocycles. The summed E-state index contributed by atoms with van der Waals surface area (Å²) < 4.78 is 0. The topological polar surface area (TPSA) is 137 Å². The number of primary amides is 1. The van der Waals surface area contributed by atoms with Crippen molar-refractivity contribution >= 4 is 29.4 Å². The molecule has 0 aliphatic carbocycles. The average molecular weight is 345 g/mol. The summed E-state index contributed by atoms with van der Waals surface area (Å²) in [4.78, 5) is 33.8. The molecule has 0 unspecified atom stereocenters. The summed E-state index contributed by atoms with van der Waals surface area (Å²) >= 11 is 0. The molecule has 8 nitrogen and oxygen atoms in total. The van der Waals surface area contributed by atoms with Gasteiger partial charge in [0.2, 0.25) is 5.91 Å². The first kappa shape index (κ1) is 18.6. The van der Waals surface area contributed by atoms with Crippen molar-refractivity contribution in [3.8, 4) is 0 Å². The number of amidine groups is 1. The highest BCUT2D eigenvalue weighted by Gasteiger charge is 2.22. The Morgan fingerprint density at radius 1 is 1.36 bits per heavy atom. The number of carbonyl (C=O) groups excluding carboxylic acids is 2. The molecule has 6 N–H and O–H groups in total. The fourth-order valence-electron chi connectivity index (χ4n) is 2.43. The Hall–Kier alpha value is -2.71. The molecule has 0 aromatic heterocycles. The molecule has 1 aliphatic rings. The molecule has 0 spiro atoms. The van der Waals surface area contributed by atoms with Crippen LogP contribution in [0.3, 0.4) is 0 Å². The lowest BCUT2D eigenvalue weighted by molar-refractivity contribution is -0.181. The molecule has 0 radical (unpaired) electrons. The summed E-state index contributed by atoms with van der Waals surface area (Å²) in [5.74, 6) is -0.555. The molecule has 1 aromatic carbocycles. The molecule has 1 aromatic rings. The number of benzene rings is 1. The van der Waals surface area contributed by atoms with E-state index in [0.29, 0.717) is 35.5 Å². The summed E-state index contributed by atoms with van der Waals surface area (Å²) in [6, 6.07) is 4.84. The lowest BCUT2D eigenvalue weighted by atomic mass is 10.0. The van der Waals surface area contributed by atoms with Crippen molar-refractivity contribution < 1.29 is 14.4 Å². The van der Waals surface area contributed by atoms with Crippen LogP contribution < -0.4 is 17.2 Å². The van der Waals surface area contributed by atoms with Gasteiger partial charge in [0, 0.05) is 36.2 Å². The fourth-order valence-corrected chi connectivity index (χ4v) is 2.43. The summed E-state index contributed by atoms with van der Waals surface area (Å²) in [6.07, 6.45) is 2.64. The van der Waals surface area contributed by atoms with Crippen LogP contribution >= 0.6 is 0 Å². The molecular weight excluding hydrogens is 322 g/mol. The predicted octanol–water partition coefficient (Wildman–Crippen LogP) is 0.690. The first-order valence-electron chi connectivity index (χ1n) is 8.08. The van der Waals surface area contributed by atoms with Gasteiger partial charge in [-0.2, -0.15) is 0 Å². The highest BCUT2D eigenvalue weighted by molar-refractivity contribution is 6.05. The molecule has 25 heavy (non-hydrogen) atoms. The molecule has 0 bridgehead atoms. The third-order valence-corrected chi connectivity index (χ3v) is 3.57. The van der Waals surface area contributed by atoms with E-state index in [2.05, 4.69) is 4.99 Å². The Morgan fingerprint density at radius 3 is 2.76 bits per heavy atom. The predicted molar refractivity (Wildman–Crippen MR) is 95.8 cm³/mol. The van der Waals surface area contributed by atoms with E-state index in [1.165, 1.54) is 5.06 Å². The first-order valence-corrected chi connectivity index (χ1v) is 8.08. The van der Waals surface area contributed by atoms with Crippen LogP contribution in [-0.2, 0) is 9.63 Å². The molecule has 2 amide bonds. The zero-order chi connectivity index (χ0) is 18.4.